The van der Waals surface area contributed by atoms with Crippen molar-refractivity contribution in [2.24, 2.45) is 0 Å². The Hall–Kier alpha value is -3.86. The van der Waals surface area contributed by atoms with Gasteiger partial charge in [-0.3, -0.25) is 4.79 Å². The highest BCUT2D eigenvalue weighted by atomic mass is 19.1. The van der Waals surface area contributed by atoms with Crippen molar-refractivity contribution < 1.29 is 13.6 Å². The lowest BCUT2D eigenvalue weighted by Gasteiger charge is -2.08. The number of hydrogen-bond donors (Lipinski definition) is 2. The van der Waals surface area contributed by atoms with Gasteiger partial charge in [-0.15, -0.1) is 10.2 Å². The quantitative estimate of drug-likeness (QED) is 0.749. The molecule has 2 N–H and O–H groups in total. The average molecular weight is 351 g/mol. The minimum Gasteiger partial charge on any atom is -0.336 e. The number of hydrogen-bond acceptors (Lipinski definition) is 5. The highest BCUT2D eigenvalue weighted by molar-refractivity contribution is 6.03. The number of nitrogens with zero attached hydrogens (tertiary/aromatic N) is 3. The fraction of sp³-hybridized carbons (Fsp3) is 0. The molecule has 0 atom stereocenters. The first kappa shape index (κ1) is 17.0. The van der Waals surface area contributed by atoms with Crippen molar-refractivity contribution in [3.8, 4) is 6.07 Å². The molecule has 2 aromatic carbocycles. The second kappa shape index (κ2) is 7.36. The van der Waals surface area contributed by atoms with E-state index >= 15 is 0 Å². The predicted octanol–water partition coefficient (Wildman–Crippen LogP) is 3.62. The number of nitriles is 1. The lowest BCUT2D eigenvalue weighted by atomic mass is 10.2. The van der Waals surface area contributed by atoms with Crippen LogP contribution in [0, 0.1) is 23.0 Å². The van der Waals surface area contributed by atoms with Gasteiger partial charge in [-0.05, 0) is 36.4 Å². The molecular formula is C18H11F2N5O. The molecule has 3 aromatic rings. The molecule has 128 valence electrons. The van der Waals surface area contributed by atoms with Gasteiger partial charge in [0.15, 0.2) is 11.5 Å². The van der Waals surface area contributed by atoms with E-state index in [1.54, 1.807) is 24.3 Å². The Labute approximate surface area is 147 Å². The summed E-state index contributed by atoms with van der Waals surface area (Å²) in [5.41, 5.74) is 0.722. The van der Waals surface area contributed by atoms with E-state index in [9.17, 15) is 13.6 Å². The Morgan fingerprint density at radius 1 is 1.00 bits per heavy atom. The van der Waals surface area contributed by atoms with Crippen LogP contribution in [0.3, 0.4) is 0 Å². The van der Waals surface area contributed by atoms with Crippen LogP contribution in [0.1, 0.15) is 16.1 Å². The Balaban J connectivity index is 1.73. The summed E-state index contributed by atoms with van der Waals surface area (Å²) in [4.78, 5) is 12.2. The maximum absolute atomic E-state index is 13.6. The van der Waals surface area contributed by atoms with Crippen LogP contribution in [0.25, 0.3) is 0 Å². The summed E-state index contributed by atoms with van der Waals surface area (Å²) in [6, 6.07) is 14.4. The average Bonchev–Trinajstić information content (AvgIpc) is 2.65. The van der Waals surface area contributed by atoms with Gasteiger partial charge in [-0.2, -0.15) is 5.26 Å². The third-order valence-corrected chi connectivity index (χ3v) is 3.39. The van der Waals surface area contributed by atoms with E-state index in [1.807, 2.05) is 6.07 Å². The van der Waals surface area contributed by atoms with Crippen LogP contribution in [0.15, 0.2) is 54.6 Å². The number of rotatable bonds is 4. The maximum atomic E-state index is 13.6. The molecule has 0 aliphatic rings. The van der Waals surface area contributed by atoms with E-state index < -0.39 is 17.5 Å². The molecule has 0 radical (unpaired) electrons. The van der Waals surface area contributed by atoms with E-state index in [2.05, 4.69) is 20.8 Å². The number of amides is 1. The second-order valence-electron chi connectivity index (χ2n) is 5.16. The number of carbonyl (C=O) groups is 1. The number of nitrogens with one attached hydrogen (secondary N) is 2. The lowest BCUT2D eigenvalue weighted by Crippen LogP contribution is -2.15. The van der Waals surface area contributed by atoms with Gasteiger partial charge in [0, 0.05) is 6.07 Å². The van der Waals surface area contributed by atoms with Gasteiger partial charge in [-0.25, -0.2) is 8.78 Å². The van der Waals surface area contributed by atoms with Crippen LogP contribution in [-0.4, -0.2) is 16.1 Å². The molecule has 0 fully saturated rings. The Kier molecular flexibility index (Phi) is 4.80. The van der Waals surface area contributed by atoms with E-state index in [0.29, 0.717) is 11.3 Å². The molecule has 0 saturated heterocycles. The first-order valence-corrected chi connectivity index (χ1v) is 7.43. The van der Waals surface area contributed by atoms with Crippen molar-refractivity contribution in [1.29, 1.82) is 5.26 Å². The Morgan fingerprint density at radius 3 is 2.50 bits per heavy atom. The molecule has 0 spiro atoms. The van der Waals surface area contributed by atoms with Crippen LogP contribution in [0.5, 0.6) is 0 Å². The third kappa shape index (κ3) is 3.79. The summed E-state index contributed by atoms with van der Waals surface area (Å²) in [6.45, 7) is 0. The SMILES string of the molecule is N#Cc1ccccc1NC(=O)c1ccc(Nc2ccc(F)cc2F)nn1. The van der Waals surface area contributed by atoms with E-state index in [0.717, 1.165) is 12.1 Å². The summed E-state index contributed by atoms with van der Waals surface area (Å²) in [6.07, 6.45) is 0. The van der Waals surface area contributed by atoms with Crippen molar-refractivity contribution in [2.75, 3.05) is 10.6 Å². The number of benzene rings is 2. The van der Waals surface area contributed by atoms with E-state index in [1.165, 1.54) is 18.2 Å². The molecule has 1 aromatic heterocycles. The van der Waals surface area contributed by atoms with Gasteiger partial charge in [0.2, 0.25) is 0 Å². The van der Waals surface area contributed by atoms with Gasteiger partial charge >= 0.3 is 0 Å². The zero-order valence-corrected chi connectivity index (χ0v) is 13.2. The first-order chi connectivity index (χ1) is 12.6. The van der Waals surface area contributed by atoms with Crippen LogP contribution >= 0.6 is 0 Å². The molecule has 1 amide bonds. The second-order valence-corrected chi connectivity index (χ2v) is 5.16. The van der Waals surface area contributed by atoms with Crippen molar-refractivity contribution in [3.63, 3.8) is 0 Å². The first-order valence-electron chi connectivity index (χ1n) is 7.43. The van der Waals surface area contributed by atoms with Gasteiger partial charge < -0.3 is 10.6 Å². The summed E-state index contributed by atoms with van der Waals surface area (Å²) < 4.78 is 26.5. The molecule has 6 nitrogen and oxygen atoms in total. The molecule has 0 aliphatic heterocycles. The highest BCUT2D eigenvalue weighted by Gasteiger charge is 2.11. The summed E-state index contributed by atoms with van der Waals surface area (Å²) >= 11 is 0. The minimum absolute atomic E-state index is 0.0165. The molecule has 1 heterocycles. The molecule has 0 saturated carbocycles. The number of carbonyl (C=O) groups excluding carboxylic acids is 1. The summed E-state index contributed by atoms with van der Waals surface area (Å²) in [5.74, 6) is -1.82. The molecule has 0 bridgehead atoms. The van der Waals surface area contributed by atoms with E-state index in [4.69, 9.17) is 5.26 Å². The van der Waals surface area contributed by atoms with Crippen molar-refractivity contribution in [1.82, 2.24) is 10.2 Å². The largest absolute Gasteiger partial charge is 0.336 e. The smallest absolute Gasteiger partial charge is 0.276 e. The predicted molar refractivity (Wildman–Crippen MR) is 90.8 cm³/mol. The summed E-state index contributed by atoms with van der Waals surface area (Å²) in [5, 5.41) is 21.8. The summed E-state index contributed by atoms with van der Waals surface area (Å²) in [7, 11) is 0. The maximum Gasteiger partial charge on any atom is 0.276 e. The van der Waals surface area contributed by atoms with E-state index in [-0.39, 0.29) is 17.2 Å². The van der Waals surface area contributed by atoms with Gasteiger partial charge in [0.25, 0.3) is 5.91 Å². The minimum atomic E-state index is -0.776. The molecule has 8 heteroatoms. The van der Waals surface area contributed by atoms with Crippen LogP contribution in [0.2, 0.25) is 0 Å². The third-order valence-electron chi connectivity index (χ3n) is 3.39. The fourth-order valence-corrected chi connectivity index (χ4v) is 2.12. The molecule has 0 aliphatic carbocycles. The Morgan fingerprint density at radius 2 is 1.81 bits per heavy atom. The topological polar surface area (TPSA) is 90.7 Å². The number of anilines is 3. The Bertz CT molecular complexity index is 999. The molecule has 3 rings (SSSR count). The zero-order chi connectivity index (χ0) is 18.5. The fourth-order valence-electron chi connectivity index (χ4n) is 2.12. The number of para-hydroxylation sites is 1. The standard InChI is InChI=1S/C18H11F2N5O/c19-12-5-6-15(13(20)9-12)22-17-8-7-16(24-25-17)18(26)23-14-4-2-1-3-11(14)10-21/h1-9H,(H,22,25)(H,23,26). The zero-order valence-electron chi connectivity index (χ0n) is 13.2. The number of halogens is 2. The van der Waals surface area contributed by atoms with Crippen LogP contribution < -0.4 is 10.6 Å². The highest BCUT2D eigenvalue weighted by Crippen LogP contribution is 2.19. The number of aromatic nitrogens is 2. The van der Waals surface area contributed by atoms with Gasteiger partial charge in [0.1, 0.15) is 17.7 Å². The monoisotopic (exact) mass is 351 g/mol. The lowest BCUT2D eigenvalue weighted by molar-refractivity contribution is 0.102. The van der Waals surface area contributed by atoms with Crippen LogP contribution in [0.4, 0.5) is 26.0 Å². The molecule has 0 unspecified atom stereocenters. The van der Waals surface area contributed by atoms with Gasteiger partial charge in [-0.1, -0.05) is 12.1 Å². The normalized spacial score (nSPS) is 10.0. The van der Waals surface area contributed by atoms with Crippen LogP contribution in [-0.2, 0) is 0 Å². The van der Waals surface area contributed by atoms with Crippen molar-refractivity contribution in [3.05, 3.63) is 77.5 Å². The van der Waals surface area contributed by atoms with Crippen molar-refractivity contribution >= 4 is 23.1 Å². The van der Waals surface area contributed by atoms with Crippen molar-refractivity contribution in [2.45, 2.75) is 0 Å². The molecular weight excluding hydrogens is 340 g/mol. The molecule has 26 heavy (non-hydrogen) atoms. The van der Waals surface area contributed by atoms with Gasteiger partial charge in [0.05, 0.1) is 16.9 Å².